The molecule has 0 fully saturated rings. The van der Waals surface area contributed by atoms with Gasteiger partial charge in [0.25, 0.3) is 0 Å². The average Bonchev–Trinajstić information content (AvgIpc) is 2.42. The fourth-order valence-electron chi connectivity index (χ4n) is 2.05. The van der Waals surface area contributed by atoms with E-state index in [1.54, 1.807) is 0 Å². The van der Waals surface area contributed by atoms with Crippen LogP contribution in [0.25, 0.3) is 0 Å². The minimum atomic E-state index is -3.40. The van der Waals surface area contributed by atoms with Gasteiger partial charge in [-0.2, -0.15) is 0 Å². The Morgan fingerprint density at radius 2 is 1.76 bits per heavy atom. The summed E-state index contributed by atoms with van der Waals surface area (Å²) in [4.78, 5) is 10.9. The maximum atomic E-state index is 12.1. The Kier molecular flexibility index (Phi) is 7.18. The number of benzene rings is 1. The molecule has 0 aliphatic heterocycles. The fraction of sp³-hybridized carbons (Fsp3) is 0.533. The second-order valence-electron chi connectivity index (χ2n) is 5.03. The normalized spacial score (nSPS) is 11.5. The SMILES string of the molecule is CCCCCCCCS(=O)(=O)c1ccc(C(=O)O)c(Cl)c1. The Morgan fingerprint density at radius 3 is 2.33 bits per heavy atom. The molecule has 1 rings (SSSR count). The summed E-state index contributed by atoms with van der Waals surface area (Å²) in [5.41, 5.74) is -0.0878. The first-order valence-corrected chi connectivity index (χ1v) is 9.17. The van der Waals surface area contributed by atoms with Crippen LogP contribution in [0.5, 0.6) is 0 Å². The van der Waals surface area contributed by atoms with E-state index in [4.69, 9.17) is 16.7 Å². The molecule has 0 spiro atoms. The molecule has 118 valence electrons. The highest BCUT2D eigenvalue weighted by Crippen LogP contribution is 2.22. The van der Waals surface area contributed by atoms with Gasteiger partial charge in [-0.05, 0) is 24.6 Å². The number of rotatable bonds is 9. The van der Waals surface area contributed by atoms with E-state index in [0.717, 1.165) is 25.7 Å². The van der Waals surface area contributed by atoms with E-state index in [2.05, 4.69) is 6.92 Å². The van der Waals surface area contributed by atoms with Gasteiger partial charge >= 0.3 is 5.97 Å². The molecule has 0 unspecified atom stereocenters. The van der Waals surface area contributed by atoms with Crippen LogP contribution in [-0.4, -0.2) is 25.2 Å². The van der Waals surface area contributed by atoms with Crippen LogP contribution in [0.3, 0.4) is 0 Å². The molecule has 0 bridgehead atoms. The van der Waals surface area contributed by atoms with Crippen LogP contribution in [0.15, 0.2) is 23.1 Å². The number of hydrogen-bond acceptors (Lipinski definition) is 3. The highest BCUT2D eigenvalue weighted by atomic mass is 35.5. The highest BCUT2D eigenvalue weighted by Gasteiger charge is 2.17. The number of carboxylic acids is 1. The molecule has 0 aromatic heterocycles. The Bertz CT molecular complexity index is 581. The van der Waals surface area contributed by atoms with Crippen molar-refractivity contribution >= 4 is 27.4 Å². The molecular formula is C15H21ClO4S. The Hall–Kier alpha value is -1.07. The third kappa shape index (κ3) is 5.67. The molecule has 1 aromatic rings. The minimum Gasteiger partial charge on any atom is -0.478 e. The summed E-state index contributed by atoms with van der Waals surface area (Å²) < 4.78 is 24.3. The molecule has 0 aliphatic carbocycles. The maximum absolute atomic E-state index is 12.1. The second-order valence-corrected chi connectivity index (χ2v) is 7.55. The lowest BCUT2D eigenvalue weighted by atomic mass is 10.1. The van der Waals surface area contributed by atoms with Crippen molar-refractivity contribution in [2.45, 2.75) is 50.3 Å². The first-order valence-electron chi connectivity index (χ1n) is 7.14. The Morgan fingerprint density at radius 1 is 1.14 bits per heavy atom. The van der Waals surface area contributed by atoms with Crippen molar-refractivity contribution in [3.8, 4) is 0 Å². The lowest BCUT2D eigenvalue weighted by Gasteiger charge is -2.06. The number of sulfone groups is 1. The van der Waals surface area contributed by atoms with Crippen LogP contribution in [0.2, 0.25) is 5.02 Å². The van der Waals surface area contributed by atoms with Crippen LogP contribution in [0.1, 0.15) is 55.8 Å². The van der Waals surface area contributed by atoms with E-state index in [9.17, 15) is 13.2 Å². The van der Waals surface area contributed by atoms with Crippen molar-refractivity contribution < 1.29 is 18.3 Å². The van der Waals surface area contributed by atoms with Gasteiger partial charge < -0.3 is 5.11 Å². The van der Waals surface area contributed by atoms with Gasteiger partial charge in [0.2, 0.25) is 0 Å². The highest BCUT2D eigenvalue weighted by molar-refractivity contribution is 7.91. The van der Waals surface area contributed by atoms with Gasteiger partial charge in [-0.25, -0.2) is 13.2 Å². The van der Waals surface area contributed by atoms with E-state index in [1.807, 2.05) is 0 Å². The summed E-state index contributed by atoms with van der Waals surface area (Å²) in [7, 11) is -3.40. The molecule has 6 heteroatoms. The van der Waals surface area contributed by atoms with Crippen molar-refractivity contribution in [3.63, 3.8) is 0 Å². The van der Waals surface area contributed by atoms with Crippen molar-refractivity contribution in [1.29, 1.82) is 0 Å². The van der Waals surface area contributed by atoms with Gasteiger partial charge in [-0.3, -0.25) is 0 Å². The molecule has 0 aliphatic rings. The summed E-state index contributed by atoms with van der Waals surface area (Å²) in [5, 5.41) is 8.82. The molecular weight excluding hydrogens is 312 g/mol. The van der Waals surface area contributed by atoms with Crippen molar-refractivity contribution in [1.82, 2.24) is 0 Å². The summed E-state index contributed by atoms with van der Waals surface area (Å²) >= 11 is 5.80. The standard InChI is InChI=1S/C15H21ClO4S/c1-2-3-4-5-6-7-10-21(19,20)12-8-9-13(15(17)18)14(16)11-12/h8-9,11H,2-7,10H2,1H3,(H,17,18). The molecule has 0 radical (unpaired) electrons. The third-order valence-corrected chi connectivity index (χ3v) is 5.41. The van der Waals surface area contributed by atoms with E-state index in [0.29, 0.717) is 6.42 Å². The smallest absolute Gasteiger partial charge is 0.337 e. The molecule has 0 saturated carbocycles. The summed E-state index contributed by atoms with van der Waals surface area (Å²) in [5.74, 6) is -1.10. The van der Waals surface area contributed by atoms with Crippen molar-refractivity contribution in [3.05, 3.63) is 28.8 Å². The van der Waals surface area contributed by atoms with E-state index >= 15 is 0 Å². The van der Waals surface area contributed by atoms with Crippen molar-refractivity contribution in [2.75, 3.05) is 5.75 Å². The number of unbranched alkanes of at least 4 members (excludes halogenated alkanes) is 5. The topological polar surface area (TPSA) is 71.4 Å². The maximum Gasteiger partial charge on any atom is 0.337 e. The van der Waals surface area contributed by atoms with Gasteiger partial charge in [0, 0.05) is 0 Å². The molecule has 0 heterocycles. The molecule has 1 aromatic carbocycles. The minimum absolute atomic E-state index is 0.0495. The number of carbonyl (C=O) groups is 1. The number of halogens is 1. The molecule has 0 amide bonds. The third-order valence-electron chi connectivity index (χ3n) is 3.30. The second kappa shape index (κ2) is 8.39. The van der Waals surface area contributed by atoms with Gasteiger partial charge in [0.15, 0.2) is 9.84 Å². The lowest BCUT2D eigenvalue weighted by molar-refractivity contribution is 0.0697. The van der Waals surface area contributed by atoms with Gasteiger partial charge in [-0.1, -0.05) is 50.6 Å². The molecule has 0 saturated heterocycles. The van der Waals surface area contributed by atoms with E-state index < -0.39 is 15.8 Å². The zero-order valence-electron chi connectivity index (χ0n) is 12.1. The van der Waals surface area contributed by atoms with Crippen LogP contribution < -0.4 is 0 Å². The monoisotopic (exact) mass is 332 g/mol. The molecule has 1 N–H and O–H groups in total. The zero-order chi connectivity index (χ0) is 15.9. The van der Waals surface area contributed by atoms with Crippen LogP contribution >= 0.6 is 11.6 Å². The predicted octanol–water partition coefficient (Wildman–Crippen LogP) is 4.17. The largest absolute Gasteiger partial charge is 0.478 e. The van der Waals surface area contributed by atoms with Crippen molar-refractivity contribution in [2.24, 2.45) is 0 Å². The zero-order valence-corrected chi connectivity index (χ0v) is 13.7. The first kappa shape index (κ1) is 18.0. The van der Waals surface area contributed by atoms with Crippen LogP contribution in [0, 0.1) is 0 Å². The lowest BCUT2D eigenvalue weighted by Crippen LogP contribution is -2.08. The Labute approximate surface area is 131 Å². The first-order chi connectivity index (χ1) is 9.88. The molecule has 4 nitrogen and oxygen atoms in total. The van der Waals surface area contributed by atoms with Gasteiger partial charge in [0.05, 0.1) is 21.2 Å². The predicted molar refractivity (Wildman–Crippen MR) is 83.8 cm³/mol. The molecule has 21 heavy (non-hydrogen) atoms. The summed E-state index contributed by atoms with van der Waals surface area (Å²) in [6.07, 6.45) is 6.02. The van der Waals surface area contributed by atoms with E-state index in [1.165, 1.54) is 24.6 Å². The summed E-state index contributed by atoms with van der Waals surface area (Å²) in [6, 6.07) is 3.76. The van der Waals surface area contributed by atoms with E-state index in [-0.39, 0.29) is 21.2 Å². The Balaban J connectivity index is 2.62. The summed E-state index contributed by atoms with van der Waals surface area (Å²) in [6.45, 7) is 2.13. The number of carboxylic acid groups (broad SMARTS) is 1. The number of aromatic carboxylic acids is 1. The quantitative estimate of drug-likeness (QED) is 0.689. The average molecular weight is 333 g/mol. The molecule has 0 atom stereocenters. The fourth-order valence-corrected chi connectivity index (χ4v) is 3.77. The van der Waals surface area contributed by atoms with Gasteiger partial charge in [-0.15, -0.1) is 0 Å². The van der Waals surface area contributed by atoms with Crippen LogP contribution in [-0.2, 0) is 9.84 Å². The number of hydrogen-bond donors (Lipinski definition) is 1. The van der Waals surface area contributed by atoms with Gasteiger partial charge in [0.1, 0.15) is 0 Å². The van der Waals surface area contributed by atoms with Crippen LogP contribution in [0.4, 0.5) is 0 Å².